The van der Waals surface area contributed by atoms with E-state index in [0.717, 1.165) is 32.4 Å². The first-order chi connectivity index (χ1) is 10.3. The number of benzene rings is 1. The van der Waals surface area contributed by atoms with Gasteiger partial charge < -0.3 is 14.8 Å². The molecule has 0 spiro atoms. The maximum Gasteiger partial charge on any atom is 0.0700 e. The van der Waals surface area contributed by atoms with Crippen molar-refractivity contribution >= 4 is 0 Å². The molecule has 120 valence electrons. The van der Waals surface area contributed by atoms with E-state index in [4.69, 9.17) is 9.47 Å². The van der Waals surface area contributed by atoms with Crippen molar-refractivity contribution in [2.45, 2.75) is 45.6 Å². The molecule has 0 bridgehead atoms. The van der Waals surface area contributed by atoms with Crippen LogP contribution in [0.4, 0.5) is 0 Å². The van der Waals surface area contributed by atoms with Crippen molar-refractivity contribution in [1.82, 2.24) is 5.32 Å². The molecule has 1 N–H and O–H groups in total. The molecule has 0 aliphatic carbocycles. The lowest BCUT2D eigenvalue weighted by Gasteiger charge is -2.20. The second-order valence-electron chi connectivity index (χ2n) is 5.40. The third kappa shape index (κ3) is 7.60. The smallest absolute Gasteiger partial charge is 0.0700 e. The van der Waals surface area contributed by atoms with Crippen molar-refractivity contribution in [3.05, 3.63) is 35.4 Å². The Balaban J connectivity index is 2.56. The summed E-state index contributed by atoms with van der Waals surface area (Å²) in [6.07, 6.45) is 4.49. The van der Waals surface area contributed by atoms with E-state index < -0.39 is 0 Å². The summed E-state index contributed by atoms with van der Waals surface area (Å²) in [5.74, 6) is 0. The number of hydrogen-bond acceptors (Lipinski definition) is 3. The Bertz CT molecular complexity index is 368. The molecule has 0 radical (unpaired) electrons. The van der Waals surface area contributed by atoms with Gasteiger partial charge in [0.25, 0.3) is 0 Å². The quantitative estimate of drug-likeness (QED) is 0.596. The van der Waals surface area contributed by atoms with Gasteiger partial charge in [0.05, 0.1) is 13.2 Å². The van der Waals surface area contributed by atoms with Gasteiger partial charge in [-0.2, -0.15) is 0 Å². The van der Waals surface area contributed by atoms with E-state index >= 15 is 0 Å². The summed E-state index contributed by atoms with van der Waals surface area (Å²) in [4.78, 5) is 0. The summed E-state index contributed by atoms with van der Waals surface area (Å²) in [7, 11) is 1.70. The van der Waals surface area contributed by atoms with Crippen molar-refractivity contribution in [2.24, 2.45) is 0 Å². The van der Waals surface area contributed by atoms with Crippen LogP contribution in [0.15, 0.2) is 24.3 Å². The Labute approximate surface area is 130 Å². The minimum atomic E-state index is 0.379. The summed E-state index contributed by atoms with van der Waals surface area (Å²) >= 11 is 0. The van der Waals surface area contributed by atoms with Crippen molar-refractivity contribution in [3.8, 4) is 0 Å². The maximum absolute atomic E-state index is 5.62. The average Bonchev–Trinajstić information content (AvgIpc) is 2.51. The normalized spacial score (nSPS) is 12.5. The molecule has 0 aliphatic rings. The van der Waals surface area contributed by atoms with Crippen LogP contribution in [0.25, 0.3) is 0 Å². The predicted octanol–water partition coefficient (Wildman–Crippen LogP) is 3.73. The Morgan fingerprint density at radius 1 is 1.10 bits per heavy atom. The molecule has 0 fully saturated rings. The minimum absolute atomic E-state index is 0.379. The predicted molar refractivity (Wildman–Crippen MR) is 88.8 cm³/mol. The van der Waals surface area contributed by atoms with Gasteiger partial charge >= 0.3 is 0 Å². The van der Waals surface area contributed by atoms with Gasteiger partial charge in [-0.25, -0.2) is 0 Å². The average molecular weight is 293 g/mol. The largest absolute Gasteiger partial charge is 0.382 e. The highest BCUT2D eigenvalue weighted by molar-refractivity contribution is 5.26. The van der Waals surface area contributed by atoms with Crippen molar-refractivity contribution in [3.63, 3.8) is 0 Å². The molecule has 1 unspecified atom stereocenters. The molecule has 3 nitrogen and oxygen atoms in total. The van der Waals surface area contributed by atoms with Gasteiger partial charge in [0, 0.05) is 19.8 Å². The number of ether oxygens (including phenoxy) is 2. The molecule has 21 heavy (non-hydrogen) atoms. The molecule has 0 heterocycles. The van der Waals surface area contributed by atoms with Crippen LogP contribution in [0, 0.1) is 0 Å². The molecule has 0 aliphatic heterocycles. The number of nitrogens with one attached hydrogen (secondary N) is 1. The van der Waals surface area contributed by atoms with Crippen LogP contribution in [0.1, 0.15) is 50.3 Å². The molecule has 0 saturated heterocycles. The number of aryl methyl sites for hydroxylation is 1. The molecule has 1 aromatic rings. The topological polar surface area (TPSA) is 30.5 Å². The molecule has 0 amide bonds. The summed E-state index contributed by atoms with van der Waals surface area (Å²) < 4.78 is 10.6. The molecular formula is C18H31NO2. The zero-order valence-electron chi connectivity index (χ0n) is 13.9. The van der Waals surface area contributed by atoms with Crippen LogP contribution in [0.2, 0.25) is 0 Å². The first-order valence-corrected chi connectivity index (χ1v) is 8.20. The van der Waals surface area contributed by atoms with Gasteiger partial charge in [-0.05, 0) is 36.9 Å². The van der Waals surface area contributed by atoms with E-state index in [9.17, 15) is 0 Å². The Hall–Kier alpha value is -0.900. The molecule has 0 aromatic heterocycles. The summed E-state index contributed by atoms with van der Waals surface area (Å²) in [6, 6.07) is 9.34. The number of rotatable bonds is 12. The van der Waals surface area contributed by atoms with Crippen LogP contribution in [-0.2, 0) is 15.9 Å². The Kier molecular flexibility index (Phi) is 10.1. The highest BCUT2D eigenvalue weighted by Crippen LogP contribution is 2.19. The lowest BCUT2D eigenvalue weighted by Crippen LogP contribution is -2.24. The zero-order valence-corrected chi connectivity index (χ0v) is 13.9. The Morgan fingerprint density at radius 2 is 1.95 bits per heavy atom. The third-order valence-electron chi connectivity index (χ3n) is 3.52. The van der Waals surface area contributed by atoms with E-state index in [1.165, 1.54) is 17.5 Å². The second kappa shape index (κ2) is 11.7. The fourth-order valence-corrected chi connectivity index (χ4v) is 2.40. The molecule has 3 heteroatoms. The molecule has 1 rings (SSSR count). The SMILES string of the molecule is CCCNC(CCOCCOC)c1cccc(CCC)c1. The first-order valence-electron chi connectivity index (χ1n) is 8.20. The first kappa shape index (κ1) is 18.1. The van der Waals surface area contributed by atoms with Gasteiger partial charge in [-0.3, -0.25) is 0 Å². The zero-order chi connectivity index (χ0) is 15.3. The van der Waals surface area contributed by atoms with E-state index in [2.05, 4.69) is 43.4 Å². The molecule has 1 aromatic carbocycles. The highest BCUT2D eigenvalue weighted by atomic mass is 16.5. The van der Waals surface area contributed by atoms with Crippen LogP contribution in [0.5, 0.6) is 0 Å². The van der Waals surface area contributed by atoms with Gasteiger partial charge in [0.1, 0.15) is 0 Å². The second-order valence-corrected chi connectivity index (χ2v) is 5.40. The van der Waals surface area contributed by atoms with Crippen molar-refractivity contribution in [2.75, 3.05) is 33.5 Å². The van der Waals surface area contributed by atoms with E-state index in [1.807, 2.05) is 0 Å². The maximum atomic E-state index is 5.62. The van der Waals surface area contributed by atoms with Crippen LogP contribution >= 0.6 is 0 Å². The van der Waals surface area contributed by atoms with Gasteiger partial charge in [-0.1, -0.05) is 44.5 Å². The molecule has 0 saturated carbocycles. The van der Waals surface area contributed by atoms with Crippen molar-refractivity contribution < 1.29 is 9.47 Å². The lowest BCUT2D eigenvalue weighted by atomic mass is 9.99. The lowest BCUT2D eigenvalue weighted by molar-refractivity contribution is 0.0657. The van der Waals surface area contributed by atoms with Crippen LogP contribution < -0.4 is 5.32 Å². The Morgan fingerprint density at radius 3 is 2.67 bits per heavy atom. The third-order valence-corrected chi connectivity index (χ3v) is 3.52. The van der Waals surface area contributed by atoms with E-state index in [1.54, 1.807) is 7.11 Å². The summed E-state index contributed by atoms with van der Waals surface area (Å²) in [5, 5.41) is 3.63. The fourth-order valence-electron chi connectivity index (χ4n) is 2.40. The molecule has 1 atom stereocenters. The molecular weight excluding hydrogens is 262 g/mol. The van der Waals surface area contributed by atoms with E-state index in [-0.39, 0.29) is 0 Å². The monoisotopic (exact) mass is 293 g/mol. The van der Waals surface area contributed by atoms with Gasteiger partial charge in [0.2, 0.25) is 0 Å². The van der Waals surface area contributed by atoms with Gasteiger partial charge in [-0.15, -0.1) is 0 Å². The number of hydrogen-bond donors (Lipinski definition) is 1. The standard InChI is InChI=1S/C18H31NO2/c1-4-7-16-8-6-9-17(15-16)18(19-11-5-2)10-12-21-14-13-20-3/h6,8-9,15,18-19H,4-5,7,10-14H2,1-3H3. The van der Waals surface area contributed by atoms with Crippen LogP contribution in [-0.4, -0.2) is 33.5 Å². The number of methoxy groups -OCH3 is 1. The summed E-state index contributed by atoms with van der Waals surface area (Å²) in [6.45, 7) is 7.57. The summed E-state index contributed by atoms with van der Waals surface area (Å²) in [5.41, 5.74) is 2.81. The fraction of sp³-hybridized carbons (Fsp3) is 0.667. The minimum Gasteiger partial charge on any atom is -0.382 e. The highest BCUT2D eigenvalue weighted by Gasteiger charge is 2.11. The van der Waals surface area contributed by atoms with Gasteiger partial charge in [0.15, 0.2) is 0 Å². The van der Waals surface area contributed by atoms with Crippen molar-refractivity contribution in [1.29, 1.82) is 0 Å². The van der Waals surface area contributed by atoms with E-state index in [0.29, 0.717) is 19.3 Å². The van der Waals surface area contributed by atoms with Crippen LogP contribution in [0.3, 0.4) is 0 Å².